The van der Waals surface area contributed by atoms with E-state index in [0.717, 1.165) is 22.6 Å². The Kier molecular flexibility index (Phi) is 5.90. The third-order valence-electron chi connectivity index (χ3n) is 3.85. The number of hydrogen-bond acceptors (Lipinski definition) is 5. The average Bonchev–Trinajstić information content (AvgIpc) is 3.07. The Balaban J connectivity index is 1.69. The molecule has 2 heterocycles. The SMILES string of the molecule is CCn1c(SCC(=O)Nc2cccc(Cl)c2C)nnc1-c1ccncc1. The molecule has 6 nitrogen and oxygen atoms in total. The number of amides is 1. The molecule has 0 aliphatic heterocycles. The number of nitrogens with zero attached hydrogens (tertiary/aromatic N) is 4. The Bertz CT molecular complexity index is 913. The van der Waals surface area contributed by atoms with Crippen LogP contribution in [-0.4, -0.2) is 31.4 Å². The molecule has 0 spiro atoms. The Labute approximate surface area is 161 Å². The maximum Gasteiger partial charge on any atom is 0.234 e. The second-order valence-electron chi connectivity index (χ2n) is 5.54. The van der Waals surface area contributed by atoms with Gasteiger partial charge in [0.1, 0.15) is 0 Å². The molecule has 0 radical (unpaired) electrons. The molecular weight excluding hydrogens is 370 g/mol. The standard InChI is InChI=1S/C18H18ClN5OS/c1-3-24-17(13-7-9-20-10-8-13)22-23-18(24)26-11-16(25)21-15-6-4-5-14(19)12(15)2/h4-10H,3,11H2,1-2H3,(H,21,25). The average molecular weight is 388 g/mol. The van der Waals surface area contributed by atoms with Crippen molar-refractivity contribution >= 4 is 35.0 Å². The second kappa shape index (κ2) is 8.33. The molecule has 0 saturated heterocycles. The van der Waals surface area contributed by atoms with E-state index in [1.165, 1.54) is 11.8 Å². The second-order valence-corrected chi connectivity index (χ2v) is 6.89. The number of carbonyl (C=O) groups is 1. The maximum absolute atomic E-state index is 12.3. The molecule has 0 aliphatic rings. The smallest absolute Gasteiger partial charge is 0.234 e. The fourth-order valence-electron chi connectivity index (χ4n) is 2.45. The lowest BCUT2D eigenvalue weighted by molar-refractivity contribution is -0.113. The van der Waals surface area contributed by atoms with Gasteiger partial charge in [0.15, 0.2) is 11.0 Å². The van der Waals surface area contributed by atoms with Crippen molar-refractivity contribution in [1.29, 1.82) is 0 Å². The van der Waals surface area contributed by atoms with Crippen LogP contribution in [0.4, 0.5) is 5.69 Å². The first kappa shape index (κ1) is 18.4. The van der Waals surface area contributed by atoms with Crippen LogP contribution >= 0.6 is 23.4 Å². The van der Waals surface area contributed by atoms with Crippen LogP contribution in [0.15, 0.2) is 47.9 Å². The summed E-state index contributed by atoms with van der Waals surface area (Å²) in [6.45, 7) is 4.61. The zero-order chi connectivity index (χ0) is 18.5. The molecule has 0 aliphatic carbocycles. The molecule has 0 fully saturated rings. The molecule has 1 N–H and O–H groups in total. The molecule has 0 saturated carbocycles. The van der Waals surface area contributed by atoms with Crippen molar-refractivity contribution in [3.63, 3.8) is 0 Å². The highest BCUT2D eigenvalue weighted by Gasteiger charge is 2.15. The largest absolute Gasteiger partial charge is 0.325 e. The van der Waals surface area contributed by atoms with E-state index >= 15 is 0 Å². The number of halogens is 1. The summed E-state index contributed by atoms with van der Waals surface area (Å²) in [5, 5.41) is 12.7. The molecule has 8 heteroatoms. The van der Waals surface area contributed by atoms with Crippen molar-refractivity contribution in [2.75, 3.05) is 11.1 Å². The van der Waals surface area contributed by atoms with Crippen LogP contribution in [0, 0.1) is 6.92 Å². The molecule has 0 bridgehead atoms. The van der Waals surface area contributed by atoms with Gasteiger partial charge in [-0.25, -0.2) is 0 Å². The predicted molar refractivity (Wildman–Crippen MR) is 104 cm³/mol. The summed E-state index contributed by atoms with van der Waals surface area (Å²) >= 11 is 7.44. The third kappa shape index (κ3) is 4.05. The van der Waals surface area contributed by atoms with Crippen molar-refractivity contribution in [3.8, 4) is 11.4 Å². The minimum absolute atomic E-state index is 0.114. The van der Waals surface area contributed by atoms with E-state index in [1.807, 2.05) is 42.7 Å². The summed E-state index contributed by atoms with van der Waals surface area (Å²) in [4.78, 5) is 16.3. The molecule has 2 aromatic heterocycles. The van der Waals surface area contributed by atoms with Crippen LogP contribution in [0.2, 0.25) is 5.02 Å². The van der Waals surface area contributed by atoms with Crippen LogP contribution in [0.5, 0.6) is 0 Å². The molecule has 1 amide bonds. The highest BCUT2D eigenvalue weighted by Crippen LogP contribution is 2.25. The van der Waals surface area contributed by atoms with Gasteiger partial charge < -0.3 is 9.88 Å². The number of carbonyl (C=O) groups excluding carboxylic acids is 1. The summed E-state index contributed by atoms with van der Waals surface area (Å²) in [5.41, 5.74) is 2.52. The Morgan fingerprint density at radius 2 is 2.00 bits per heavy atom. The van der Waals surface area contributed by atoms with Crippen LogP contribution in [-0.2, 0) is 11.3 Å². The minimum atomic E-state index is -0.114. The molecule has 3 rings (SSSR count). The van der Waals surface area contributed by atoms with Crippen molar-refractivity contribution in [2.45, 2.75) is 25.5 Å². The number of anilines is 1. The lowest BCUT2D eigenvalue weighted by atomic mass is 10.2. The first-order chi connectivity index (χ1) is 12.6. The topological polar surface area (TPSA) is 72.7 Å². The van der Waals surface area contributed by atoms with Gasteiger partial charge in [-0.2, -0.15) is 0 Å². The zero-order valence-corrected chi connectivity index (χ0v) is 16.0. The summed E-state index contributed by atoms with van der Waals surface area (Å²) in [6, 6.07) is 9.22. The van der Waals surface area contributed by atoms with Crippen LogP contribution in [0.3, 0.4) is 0 Å². The van der Waals surface area contributed by atoms with Gasteiger partial charge in [0, 0.05) is 35.2 Å². The quantitative estimate of drug-likeness (QED) is 0.646. The van der Waals surface area contributed by atoms with Crippen molar-refractivity contribution in [1.82, 2.24) is 19.7 Å². The Morgan fingerprint density at radius 1 is 1.23 bits per heavy atom. The van der Waals surface area contributed by atoms with E-state index in [1.54, 1.807) is 18.5 Å². The number of thioether (sulfide) groups is 1. The fourth-order valence-corrected chi connectivity index (χ4v) is 3.43. The molecule has 0 unspecified atom stereocenters. The van der Waals surface area contributed by atoms with Gasteiger partial charge in [-0.1, -0.05) is 29.4 Å². The van der Waals surface area contributed by atoms with Crippen LogP contribution < -0.4 is 5.32 Å². The monoisotopic (exact) mass is 387 g/mol. The summed E-state index contributed by atoms with van der Waals surface area (Å²) in [6.07, 6.45) is 3.44. The van der Waals surface area contributed by atoms with E-state index in [9.17, 15) is 4.79 Å². The number of hydrogen-bond donors (Lipinski definition) is 1. The summed E-state index contributed by atoms with van der Waals surface area (Å²) < 4.78 is 1.98. The first-order valence-electron chi connectivity index (χ1n) is 8.11. The van der Waals surface area contributed by atoms with E-state index in [2.05, 4.69) is 20.5 Å². The van der Waals surface area contributed by atoms with Gasteiger partial charge in [0.05, 0.1) is 5.75 Å². The van der Waals surface area contributed by atoms with Gasteiger partial charge in [0.25, 0.3) is 0 Å². The first-order valence-corrected chi connectivity index (χ1v) is 9.48. The molecule has 26 heavy (non-hydrogen) atoms. The van der Waals surface area contributed by atoms with Crippen molar-refractivity contribution < 1.29 is 4.79 Å². The minimum Gasteiger partial charge on any atom is -0.325 e. The Hall–Kier alpha value is -2.38. The lowest BCUT2D eigenvalue weighted by Gasteiger charge is -2.10. The van der Waals surface area contributed by atoms with Crippen molar-refractivity contribution in [2.24, 2.45) is 0 Å². The van der Waals surface area contributed by atoms with E-state index < -0.39 is 0 Å². The Morgan fingerprint density at radius 3 is 2.73 bits per heavy atom. The fraction of sp³-hybridized carbons (Fsp3) is 0.222. The third-order valence-corrected chi connectivity index (χ3v) is 5.22. The van der Waals surface area contributed by atoms with E-state index in [4.69, 9.17) is 11.6 Å². The van der Waals surface area contributed by atoms with Crippen LogP contribution in [0.1, 0.15) is 12.5 Å². The molecule has 134 valence electrons. The molecule has 0 atom stereocenters. The molecule has 1 aromatic carbocycles. The number of nitrogens with one attached hydrogen (secondary N) is 1. The summed E-state index contributed by atoms with van der Waals surface area (Å²) in [7, 11) is 0. The number of benzene rings is 1. The predicted octanol–water partition coefficient (Wildman–Crippen LogP) is 4.05. The number of pyridine rings is 1. The maximum atomic E-state index is 12.3. The van der Waals surface area contributed by atoms with Crippen molar-refractivity contribution in [3.05, 3.63) is 53.3 Å². The normalized spacial score (nSPS) is 10.7. The zero-order valence-electron chi connectivity index (χ0n) is 14.4. The van der Waals surface area contributed by atoms with E-state index in [0.29, 0.717) is 16.7 Å². The lowest BCUT2D eigenvalue weighted by Crippen LogP contribution is -2.15. The van der Waals surface area contributed by atoms with Gasteiger partial charge in [-0.3, -0.25) is 9.78 Å². The van der Waals surface area contributed by atoms with Gasteiger partial charge in [-0.15, -0.1) is 10.2 Å². The van der Waals surface area contributed by atoms with Gasteiger partial charge >= 0.3 is 0 Å². The highest BCUT2D eigenvalue weighted by molar-refractivity contribution is 7.99. The van der Waals surface area contributed by atoms with Gasteiger partial charge in [-0.05, 0) is 43.7 Å². The number of aromatic nitrogens is 4. The van der Waals surface area contributed by atoms with E-state index in [-0.39, 0.29) is 11.7 Å². The molecule has 3 aromatic rings. The van der Waals surface area contributed by atoms with Crippen LogP contribution in [0.25, 0.3) is 11.4 Å². The summed E-state index contributed by atoms with van der Waals surface area (Å²) in [5.74, 6) is 0.889. The molecular formula is C18H18ClN5OS. The number of rotatable bonds is 6. The van der Waals surface area contributed by atoms with Gasteiger partial charge in [0.2, 0.25) is 5.91 Å². The highest BCUT2D eigenvalue weighted by atomic mass is 35.5.